The fourth-order valence-electron chi connectivity index (χ4n) is 0.942. The van der Waals surface area contributed by atoms with Gasteiger partial charge in [-0.15, -0.1) is 6.58 Å². The van der Waals surface area contributed by atoms with Crippen LogP contribution in [-0.4, -0.2) is 16.6 Å². The summed E-state index contributed by atoms with van der Waals surface area (Å²) in [6, 6.07) is 1.83. The summed E-state index contributed by atoms with van der Waals surface area (Å²) < 4.78 is 0. The summed E-state index contributed by atoms with van der Waals surface area (Å²) in [6.45, 7) is 6.11. The third-order valence-corrected chi connectivity index (χ3v) is 2.15. The number of nitrogens with zero attached hydrogens (tertiary/aromatic N) is 1. The van der Waals surface area contributed by atoms with Gasteiger partial charge in [0, 0.05) is 12.7 Å². The normalized spacial score (nSPS) is 9.47. The molecule has 0 bridgehead atoms. The Kier molecular flexibility index (Phi) is 4.52. The van der Waals surface area contributed by atoms with Crippen LogP contribution in [-0.2, 0) is 0 Å². The van der Waals surface area contributed by atoms with Crippen LogP contribution in [0.25, 0.3) is 0 Å². The van der Waals surface area contributed by atoms with Gasteiger partial charge in [-0.2, -0.15) is 0 Å². The molecule has 0 saturated heterocycles. The van der Waals surface area contributed by atoms with Crippen LogP contribution in [0.1, 0.15) is 5.56 Å². The Balaban J connectivity index is 2.64. The van der Waals surface area contributed by atoms with Gasteiger partial charge in [0.25, 0.3) is 0 Å². The van der Waals surface area contributed by atoms with Gasteiger partial charge in [0.15, 0.2) is 10.9 Å². The number of hydrogen-bond acceptors (Lipinski definition) is 2. The highest BCUT2D eigenvalue weighted by Gasteiger charge is 2.03. The van der Waals surface area contributed by atoms with Crippen LogP contribution in [0.4, 0.5) is 5.82 Å². The second-order valence-corrected chi connectivity index (χ2v) is 3.78. The van der Waals surface area contributed by atoms with Crippen molar-refractivity contribution in [1.29, 1.82) is 0 Å². The molecule has 80 valence electrons. The zero-order valence-corrected chi connectivity index (χ0v) is 9.95. The van der Waals surface area contributed by atoms with Gasteiger partial charge in [0.1, 0.15) is 0 Å². The minimum Gasteiger partial charge on any atom is -0.359 e. The first-order valence-electron chi connectivity index (χ1n) is 4.41. The van der Waals surface area contributed by atoms with Crippen molar-refractivity contribution in [1.82, 2.24) is 10.3 Å². The third-order valence-electron chi connectivity index (χ3n) is 1.62. The maximum absolute atomic E-state index is 5.98. The van der Waals surface area contributed by atoms with E-state index in [4.69, 9.17) is 23.8 Å². The Hall–Kier alpha value is -1.13. The summed E-state index contributed by atoms with van der Waals surface area (Å²) in [4.78, 5) is 4.13. The average molecular weight is 242 g/mol. The molecular weight excluding hydrogens is 230 g/mol. The van der Waals surface area contributed by atoms with Gasteiger partial charge in [-0.25, -0.2) is 4.98 Å². The quantitative estimate of drug-likeness (QED) is 0.630. The predicted octanol–water partition coefficient (Wildman–Crippen LogP) is 2.52. The fourth-order valence-corrected chi connectivity index (χ4v) is 1.39. The van der Waals surface area contributed by atoms with Gasteiger partial charge in [0.2, 0.25) is 0 Å². The van der Waals surface area contributed by atoms with Gasteiger partial charge in [0.05, 0.1) is 5.02 Å². The number of hydrogen-bond donors (Lipinski definition) is 2. The van der Waals surface area contributed by atoms with Crippen molar-refractivity contribution in [3.8, 4) is 0 Å². The number of thiocarbonyl (C=S) groups is 1. The molecule has 1 heterocycles. The molecule has 0 amide bonds. The molecule has 0 aliphatic heterocycles. The summed E-state index contributed by atoms with van der Waals surface area (Å²) >= 11 is 11.0. The molecule has 1 rings (SSSR count). The molecule has 3 nitrogen and oxygen atoms in total. The first-order valence-corrected chi connectivity index (χ1v) is 5.20. The SMILES string of the molecule is C=CCNC(=S)Nc1ncc(C)cc1Cl. The van der Waals surface area contributed by atoms with Crippen LogP contribution >= 0.6 is 23.8 Å². The molecule has 1 aromatic rings. The Morgan fingerprint density at radius 2 is 2.47 bits per heavy atom. The summed E-state index contributed by atoms with van der Waals surface area (Å²) in [5, 5.41) is 6.86. The standard InChI is InChI=1S/C10H12ClN3S/c1-3-4-12-10(15)14-9-8(11)5-7(2)6-13-9/h3,5-6H,1,4H2,2H3,(H2,12,13,14,15). The summed E-state index contributed by atoms with van der Waals surface area (Å²) in [6.07, 6.45) is 3.45. The van der Waals surface area contributed by atoms with Gasteiger partial charge in [-0.05, 0) is 30.8 Å². The zero-order valence-electron chi connectivity index (χ0n) is 8.38. The minimum absolute atomic E-state index is 0.480. The van der Waals surface area contributed by atoms with Crippen molar-refractivity contribution in [2.75, 3.05) is 11.9 Å². The van der Waals surface area contributed by atoms with Gasteiger partial charge >= 0.3 is 0 Å². The van der Waals surface area contributed by atoms with Gasteiger partial charge in [-0.3, -0.25) is 0 Å². The molecule has 0 fully saturated rings. The van der Waals surface area contributed by atoms with Crippen molar-refractivity contribution in [3.05, 3.63) is 35.5 Å². The van der Waals surface area contributed by atoms with Crippen molar-refractivity contribution >= 4 is 34.7 Å². The first kappa shape index (κ1) is 11.9. The Labute approximate surface area is 99.5 Å². The number of rotatable bonds is 3. The summed E-state index contributed by atoms with van der Waals surface area (Å²) in [5.41, 5.74) is 1.01. The van der Waals surface area contributed by atoms with Crippen LogP contribution in [0.15, 0.2) is 24.9 Å². The Morgan fingerprint density at radius 1 is 1.73 bits per heavy atom. The summed E-state index contributed by atoms with van der Waals surface area (Å²) in [7, 11) is 0. The molecular formula is C10H12ClN3S. The van der Waals surface area contributed by atoms with Crippen molar-refractivity contribution < 1.29 is 0 Å². The topological polar surface area (TPSA) is 37.0 Å². The molecule has 0 atom stereocenters. The van der Waals surface area contributed by atoms with Crippen molar-refractivity contribution in [3.63, 3.8) is 0 Å². The lowest BCUT2D eigenvalue weighted by Crippen LogP contribution is -2.28. The molecule has 5 heteroatoms. The lowest BCUT2D eigenvalue weighted by Gasteiger charge is -2.09. The molecule has 0 radical (unpaired) electrons. The van der Waals surface area contributed by atoms with E-state index in [1.165, 1.54) is 0 Å². The molecule has 0 unspecified atom stereocenters. The number of aryl methyl sites for hydroxylation is 1. The van der Waals surface area contributed by atoms with E-state index >= 15 is 0 Å². The lowest BCUT2D eigenvalue weighted by molar-refractivity contribution is 1.06. The van der Waals surface area contributed by atoms with E-state index in [1.54, 1.807) is 12.3 Å². The number of pyridine rings is 1. The van der Waals surface area contributed by atoms with E-state index in [1.807, 2.05) is 13.0 Å². The predicted molar refractivity (Wildman–Crippen MR) is 68.4 cm³/mol. The number of halogens is 1. The maximum Gasteiger partial charge on any atom is 0.172 e. The van der Waals surface area contributed by atoms with E-state index in [-0.39, 0.29) is 0 Å². The molecule has 0 spiro atoms. The van der Waals surface area contributed by atoms with Crippen molar-refractivity contribution in [2.45, 2.75) is 6.92 Å². The molecule has 0 aromatic carbocycles. The molecule has 0 saturated carbocycles. The molecule has 0 aliphatic rings. The average Bonchev–Trinajstić information content (AvgIpc) is 2.19. The van der Waals surface area contributed by atoms with Gasteiger partial charge in [-0.1, -0.05) is 17.7 Å². The van der Waals surface area contributed by atoms with Crippen LogP contribution in [0.3, 0.4) is 0 Å². The number of anilines is 1. The molecule has 0 aliphatic carbocycles. The molecule has 1 aromatic heterocycles. The maximum atomic E-state index is 5.98. The van der Waals surface area contributed by atoms with Crippen LogP contribution in [0, 0.1) is 6.92 Å². The Morgan fingerprint density at radius 3 is 3.07 bits per heavy atom. The monoisotopic (exact) mass is 241 g/mol. The van der Waals surface area contributed by atoms with Crippen molar-refractivity contribution in [2.24, 2.45) is 0 Å². The fraction of sp³-hybridized carbons (Fsp3) is 0.200. The second kappa shape index (κ2) is 5.68. The highest BCUT2D eigenvalue weighted by molar-refractivity contribution is 7.80. The largest absolute Gasteiger partial charge is 0.359 e. The Bertz CT molecular complexity index is 379. The molecule has 15 heavy (non-hydrogen) atoms. The number of nitrogens with one attached hydrogen (secondary N) is 2. The van der Waals surface area contributed by atoms with E-state index in [0.717, 1.165) is 5.56 Å². The van der Waals surface area contributed by atoms with Crippen LogP contribution in [0.5, 0.6) is 0 Å². The van der Waals surface area contributed by atoms with E-state index in [9.17, 15) is 0 Å². The van der Waals surface area contributed by atoms with Crippen LogP contribution < -0.4 is 10.6 Å². The first-order chi connectivity index (χ1) is 7.13. The van der Waals surface area contributed by atoms with E-state index in [0.29, 0.717) is 22.5 Å². The minimum atomic E-state index is 0.480. The lowest BCUT2D eigenvalue weighted by atomic mass is 10.3. The smallest absolute Gasteiger partial charge is 0.172 e. The molecule has 2 N–H and O–H groups in total. The second-order valence-electron chi connectivity index (χ2n) is 2.97. The van der Waals surface area contributed by atoms with E-state index in [2.05, 4.69) is 22.2 Å². The van der Waals surface area contributed by atoms with E-state index < -0.39 is 0 Å². The highest BCUT2D eigenvalue weighted by atomic mass is 35.5. The highest BCUT2D eigenvalue weighted by Crippen LogP contribution is 2.19. The van der Waals surface area contributed by atoms with Gasteiger partial charge < -0.3 is 10.6 Å². The zero-order chi connectivity index (χ0) is 11.3. The van der Waals surface area contributed by atoms with Crippen LogP contribution in [0.2, 0.25) is 5.02 Å². The third kappa shape index (κ3) is 3.85. The number of aromatic nitrogens is 1. The summed E-state index contributed by atoms with van der Waals surface area (Å²) in [5.74, 6) is 0.559.